The van der Waals surface area contributed by atoms with Gasteiger partial charge in [0, 0.05) is 12.0 Å². The Morgan fingerprint density at radius 2 is 1.48 bits per heavy atom. The van der Waals surface area contributed by atoms with Crippen molar-refractivity contribution in [3.05, 3.63) is 102 Å². The van der Waals surface area contributed by atoms with E-state index < -0.39 is 0 Å². The van der Waals surface area contributed by atoms with Crippen LogP contribution in [-0.4, -0.2) is 5.78 Å². The largest absolute Gasteiger partial charge is 2.00 e. The van der Waals surface area contributed by atoms with Gasteiger partial charge in [-0.1, -0.05) is 54.6 Å². The molecule has 3 rings (SSSR count). The number of carbonyl (C=O) groups is 1. The van der Waals surface area contributed by atoms with Crippen molar-refractivity contribution in [2.45, 2.75) is 25.7 Å². The molecule has 1 aliphatic carbocycles. The predicted octanol–water partition coefficient (Wildman–Crippen LogP) is 4.57. The maximum atomic E-state index is 11.8. The minimum absolute atomic E-state index is 0. The van der Waals surface area contributed by atoms with Crippen molar-refractivity contribution in [2.24, 2.45) is 0 Å². The smallest absolute Gasteiger partial charge is 0.875 e. The van der Waals surface area contributed by atoms with Gasteiger partial charge >= 0.3 is 17.1 Å². The van der Waals surface area contributed by atoms with Crippen LogP contribution in [0, 0.1) is 0 Å². The zero-order valence-electron chi connectivity index (χ0n) is 14.1. The molecule has 0 fully saturated rings. The second-order valence-corrected chi connectivity index (χ2v) is 5.56. The van der Waals surface area contributed by atoms with Crippen molar-refractivity contribution in [3.8, 4) is 0 Å². The van der Waals surface area contributed by atoms with Crippen LogP contribution in [0.4, 0.5) is 0 Å². The van der Waals surface area contributed by atoms with E-state index in [1.165, 1.54) is 0 Å². The first-order valence-corrected chi connectivity index (χ1v) is 8.27. The van der Waals surface area contributed by atoms with E-state index in [0.29, 0.717) is 12.8 Å². The third-order valence-corrected chi connectivity index (χ3v) is 3.69. The van der Waals surface area contributed by atoms with E-state index in [2.05, 4.69) is 0 Å². The van der Waals surface area contributed by atoms with Crippen LogP contribution in [0.25, 0.3) is 0 Å². The standard InChI is InChI=1S/C17H18O2.C5H5.Fe/c18-16(14-8-2-1-3-9-14)12-6-7-13-17(19)15-10-4-5-11-15;1-2-4-5-3-1;/h1-5,8-11,19H,6-7,12-13H2;1-5H;/q;-1;+2/p-1. The summed E-state index contributed by atoms with van der Waals surface area (Å²) >= 11 is 0. The summed E-state index contributed by atoms with van der Waals surface area (Å²) in [5, 5.41) is 11.7. The topological polar surface area (TPSA) is 40.1 Å². The fourth-order valence-electron chi connectivity index (χ4n) is 2.36. The van der Waals surface area contributed by atoms with Gasteiger partial charge in [0.2, 0.25) is 0 Å². The summed E-state index contributed by atoms with van der Waals surface area (Å²) in [4.78, 5) is 11.8. The molecule has 2 aromatic rings. The molecule has 0 amide bonds. The summed E-state index contributed by atoms with van der Waals surface area (Å²) in [5.41, 5.74) is 1.53. The zero-order valence-corrected chi connectivity index (χ0v) is 15.2. The van der Waals surface area contributed by atoms with E-state index in [4.69, 9.17) is 0 Å². The van der Waals surface area contributed by atoms with Crippen LogP contribution in [0.1, 0.15) is 36.0 Å². The molecule has 1 aliphatic rings. The van der Waals surface area contributed by atoms with Crippen molar-refractivity contribution in [3.63, 3.8) is 0 Å². The zero-order chi connectivity index (χ0) is 17.0. The molecule has 0 radical (unpaired) electrons. The van der Waals surface area contributed by atoms with E-state index in [9.17, 15) is 9.90 Å². The normalized spacial score (nSPS) is 11.4. The van der Waals surface area contributed by atoms with Crippen molar-refractivity contribution in [1.82, 2.24) is 0 Å². The van der Waals surface area contributed by atoms with Gasteiger partial charge in [-0.3, -0.25) is 4.79 Å². The average molecular weight is 374 g/mol. The van der Waals surface area contributed by atoms with Gasteiger partial charge in [-0.15, -0.1) is 5.76 Å². The minimum Gasteiger partial charge on any atom is -0.875 e. The Morgan fingerprint density at radius 1 is 0.880 bits per heavy atom. The number of hydrogen-bond acceptors (Lipinski definition) is 2. The van der Waals surface area contributed by atoms with Gasteiger partial charge in [0.05, 0.1) is 0 Å². The van der Waals surface area contributed by atoms with E-state index in [0.717, 1.165) is 24.0 Å². The number of Topliss-reactive ketones (excluding diaryl/α,β-unsaturated/α-hetero) is 1. The second kappa shape index (κ2) is 12.2. The van der Waals surface area contributed by atoms with Crippen LogP contribution in [-0.2, 0) is 17.1 Å². The van der Waals surface area contributed by atoms with Crippen LogP contribution < -0.4 is 5.11 Å². The number of allylic oxidation sites excluding steroid dienone is 6. The van der Waals surface area contributed by atoms with Crippen molar-refractivity contribution < 1.29 is 27.0 Å². The molecule has 0 aromatic heterocycles. The van der Waals surface area contributed by atoms with Gasteiger partial charge < -0.3 is 5.11 Å². The maximum absolute atomic E-state index is 11.8. The van der Waals surface area contributed by atoms with E-state index >= 15 is 0 Å². The van der Waals surface area contributed by atoms with Gasteiger partial charge in [-0.05, 0) is 24.8 Å². The molecule has 3 heteroatoms. The molecule has 0 spiro atoms. The molecule has 0 unspecified atom stereocenters. The molecule has 130 valence electrons. The van der Waals surface area contributed by atoms with Crippen molar-refractivity contribution >= 4 is 5.78 Å². The second-order valence-electron chi connectivity index (χ2n) is 5.56. The molecule has 0 atom stereocenters. The van der Waals surface area contributed by atoms with Gasteiger partial charge in [0.15, 0.2) is 5.78 Å². The molecule has 0 N–H and O–H groups in total. The fraction of sp³-hybridized carbons (Fsp3) is 0.182. The predicted molar refractivity (Wildman–Crippen MR) is 96.6 cm³/mol. The average Bonchev–Trinajstić information content (AvgIpc) is 3.35. The summed E-state index contributed by atoms with van der Waals surface area (Å²) < 4.78 is 0. The Balaban J connectivity index is 0.000000448. The molecule has 0 saturated carbocycles. The quantitative estimate of drug-likeness (QED) is 0.244. The number of benzene rings is 1. The Kier molecular flexibility index (Phi) is 10.2. The summed E-state index contributed by atoms with van der Waals surface area (Å²) in [6.45, 7) is 0. The Bertz CT molecular complexity index is 664. The molecule has 25 heavy (non-hydrogen) atoms. The van der Waals surface area contributed by atoms with Gasteiger partial charge in [-0.25, -0.2) is 12.1 Å². The summed E-state index contributed by atoms with van der Waals surface area (Å²) in [7, 11) is 0. The number of hydrogen-bond donors (Lipinski definition) is 0. The SMILES string of the molecule is O=C(CCCCC([O-])=C1C=CC=C1)c1ccccc1.[Fe+2].c1cc[cH-]c1. The van der Waals surface area contributed by atoms with Crippen molar-refractivity contribution in [1.29, 1.82) is 0 Å². The van der Waals surface area contributed by atoms with Crippen LogP contribution in [0.2, 0.25) is 0 Å². The molecular formula is C22H22FeO2. The van der Waals surface area contributed by atoms with E-state index in [1.54, 1.807) is 0 Å². The van der Waals surface area contributed by atoms with Gasteiger partial charge in [0.1, 0.15) is 0 Å². The molecule has 0 heterocycles. The Morgan fingerprint density at radius 3 is 2.04 bits per heavy atom. The first-order chi connectivity index (χ1) is 11.8. The van der Waals surface area contributed by atoms with Crippen molar-refractivity contribution in [2.75, 3.05) is 0 Å². The number of ketones is 1. The molecule has 0 bridgehead atoms. The van der Waals surface area contributed by atoms with E-state index in [1.807, 2.05) is 85.0 Å². The Labute approximate surface area is 160 Å². The fourth-order valence-corrected chi connectivity index (χ4v) is 2.36. The first kappa shape index (κ1) is 20.8. The third-order valence-electron chi connectivity index (χ3n) is 3.69. The van der Waals surface area contributed by atoms with Crippen LogP contribution in [0.5, 0.6) is 0 Å². The summed E-state index contributed by atoms with van der Waals surface area (Å²) in [6, 6.07) is 19.3. The van der Waals surface area contributed by atoms with Crippen LogP contribution >= 0.6 is 0 Å². The molecular weight excluding hydrogens is 352 g/mol. The number of unbranched alkanes of at least 4 members (excludes halogenated alkanes) is 1. The Hall–Kier alpha value is -2.22. The molecule has 0 aliphatic heterocycles. The van der Waals surface area contributed by atoms with Crippen LogP contribution in [0.15, 0.2) is 96.3 Å². The molecule has 0 saturated heterocycles. The first-order valence-electron chi connectivity index (χ1n) is 8.27. The number of rotatable bonds is 6. The molecule has 2 nitrogen and oxygen atoms in total. The molecule has 2 aromatic carbocycles. The summed E-state index contributed by atoms with van der Waals surface area (Å²) in [5.74, 6) is 0.318. The maximum Gasteiger partial charge on any atom is 2.00 e. The number of carbonyl (C=O) groups excluding carboxylic acids is 1. The van der Waals surface area contributed by atoms with Crippen LogP contribution in [0.3, 0.4) is 0 Å². The van der Waals surface area contributed by atoms with Gasteiger partial charge in [0.25, 0.3) is 0 Å². The van der Waals surface area contributed by atoms with E-state index in [-0.39, 0.29) is 28.6 Å². The summed E-state index contributed by atoms with van der Waals surface area (Å²) in [6.07, 6.45) is 9.96. The minimum atomic E-state index is 0. The van der Waals surface area contributed by atoms with Gasteiger partial charge in [-0.2, -0.15) is 18.2 Å². The third kappa shape index (κ3) is 7.93. The monoisotopic (exact) mass is 374 g/mol.